The molecule has 0 aliphatic heterocycles. The number of hydrogen-bond acceptors (Lipinski definition) is 2. The van der Waals surface area contributed by atoms with E-state index in [1.165, 1.54) is 18.6 Å². The predicted octanol–water partition coefficient (Wildman–Crippen LogP) is 2.91. The molecule has 2 unspecified atom stereocenters. The number of nitrogens with one attached hydrogen (secondary N) is 1. The van der Waals surface area contributed by atoms with Crippen LogP contribution in [0.4, 0.5) is 0 Å². The lowest BCUT2D eigenvalue weighted by Crippen LogP contribution is -2.34. The highest BCUT2D eigenvalue weighted by Crippen LogP contribution is 2.14. The maximum absolute atomic E-state index is 3.52. The molecular weight excluding hydrogens is 166 g/mol. The largest absolute Gasteiger partial charge is 0.313 e. The van der Waals surface area contributed by atoms with Crippen LogP contribution in [0.1, 0.15) is 40.5 Å². The van der Waals surface area contributed by atoms with Gasteiger partial charge in [0, 0.05) is 11.3 Å². The number of thioether (sulfide) groups is 1. The average molecular weight is 189 g/mol. The zero-order valence-electron chi connectivity index (χ0n) is 8.89. The topological polar surface area (TPSA) is 12.0 Å². The summed E-state index contributed by atoms with van der Waals surface area (Å²) in [6.07, 6.45) is 2.52. The van der Waals surface area contributed by atoms with Crippen LogP contribution < -0.4 is 5.32 Å². The van der Waals surface area contributed by atoms with Crippen molar-refractivity contribution in [2.75, 3.05) is 12.3 Å². The minimum absolute atomic E-state index is 0.654. The summed E-state index contributed by atoms with van der Waals surface area (Å²) < 4.78 is 0. The molecule has 0 aliphatic carbocycles. The second kappa shape index (κ2) is 7.93. The maximum Gasteiger partial charge on any atom is 0.0170 e. The zero-order chi connectivity index (χ0) is 9.40. The molecule has 12 heavy (non-hydrogen) atoms. The average Bonchev–Trinajstić information content (AvgIpc) is 2.10. The van der Waals surface area contributed by atoms with Gasteiger partial charge in [-0.2, -0.15) is 11.8 Å². The van der Waals surface area contributed by atoms with Crippen molar-refractivity contribution in [3.05, 3.63) is 0 Å². The molecule has 0 saturated carbocycles. The molecule has 0 rings (SSSR count). The van der Waals surface area contributed by atoms with Crippen molar-refractivity contribution in [2.45, 2.75) is 51.8 Å². The van der Waals surface area contributed by atoms with E-state index in [0.29, 0.717) is 6.04 Å². The molecule has 0 aliphatic rings. The van der Waals surface area contributed by atoms with E-state index in [2.05, 4.69) is 44.8 Å². The summed E-state index contributed by atoms with van der Waals surface area (Å²) in [7, 11) is 0. The van der Waals surface area contributed by atoms with Gasteiger partial charge in [0.15, 0.2) is 0 Å². The van der Waals surface area contributed by atoms with E-state index in [1.54, 1.807) is 0 Å². The highest BCUT2D eigenvalue weighted by molar-refractivity contribution is 7.99. The second-order valence-corrected chi connectivity index (χ2v) is 4.80. The molecule has 0 saturated heterocycles. The fourth-order valence-corrected chi connectivity index (χ4v) is 1.98. The molecule has 0 amide bonds. The Morgan fingerprint density at radius 1 is 1.17 bits per heavy atom. The Hall–Kier alpha value is 0.310. The molecule has 74 valence electrons. The SMILES string of the molecule is CCCNC(C)C(C)SCCC. The van der Waals surface area contributed by atoms with Gasteiger partial charge in [0.2, 0.25) is 0 Å². The van der Waals surface area contributed by atoms with Crippen molar-refractivity contribution in [1.29, 1.82) is 0 Å². The first-order valence-electron chi connectivity index (χ1n) is 5.07. The van der Waals surface area contributed by atoms with Gasteiger partial charge in [-0.15, -0.1) is 0 Å². The fourth-order valence-electron chi connectivity index (χ4n) is 0.986. The molecule has 0 aromatic heterocycles. The van der Waals surface area contributed by atoms with Crippen molar-refractivity contribution in [2.24, 2.45) is 0 Å². The van der Waals surface area contributed by atoms with Gasteiger partial charge >= 0.3 is 0 Å². The lowest BCUT2D eigenvalue weighted by molar-refractivity contribution is 0.542. The number of rotatable bonds is 7. The summed E-state index contributed by atoms with van der Waals surface area (Å²) in [5.41, 5.74) is 0. The lowest BCUT2D eigenvalue weighted by Gasteiger charge is -2.20. The Balaban J connectivity index is 3.39. The lowest BCUT2D eigenvalue weighted by atomic mass is 10.2. The Bertz CT molecular complexity index is 83.8. The van der Waals surface area contributed by atoms with E-state index in [4.69, 9.17) is 0 Å². The molecule has 0 fully saturated rings. The molecule has 0 aromatic rings. The van der Waals surface area contributed by atoms with Gasteiger partial charge in [0.25, 0.3) is 0 Å². The molecular formula is C10H23NS. The van der Waals surface area contributed by atoms with E-state index in [-0.39, 0.29) is 0 Å². The van der Waals surface area contributed by atoms with Crippen LogP contribution >= 0.6 is 11.8 Å². The number of hydrogen-bond donors (Lipinski definition) is 1. The Morgan fingerprint density at radius 2 is 1.83 bits per heavy atom. The molecule has 1 nitrogen and oxygen atoms in total. The fraction of sp³-hybridized carbons (Fsp3) is 1.00. The van der Waals surface area contributed by atoms with Gasteiger partial charge < -0.3 is 5.32 Å². The van der Waals surface area contributed by atoms with Crippen molar-refractivity contribution in [3.8, 4) is 0 Å². The highest BCUT2D eigenvalue weighted by atomic mass is 32.2. The Kier molecular flexibility index (Phi) is 8.14. The van der Waals surface area contributed by atoms with Gasteiger partial charge in [-0.05, 0) is 32.1 Å². The first-order chi connectivity index (χ1) is 5.72. The molecule has 2 atom stereocenters. The molecule has 0 aromatic carbocycles. The molecule has 0 spiro atoms. The molecule has 0 bridgehead atoms. The van der Waals surface area contributed by atoms with Crippen LogP contribution in [-0.2, 0) is 0 Å². The van der Waals surface area contributed by atoms with Crippen LogP contribution in [-0.4, -0.2) is 23.6 Å². The second-order valence-electron chi connectivity index (χ2n) is 3.32. The third-order valence-corrected chi connectivity index (χ3v) is 3.58. The van der Waals surface area contributed by atoms with Crippen LogP contribution in [0.5, 0.6) is 0 Å². The van der Waals surface area contributed by atoms with Crippen molar-refractivity contribution in [1.82, 2.24) is 5.32 Å². The van der Waals surface area contributed by atoms with E-state index in [0.717, 1.165) is 11.8 Å². The Morgan fingerprint density at radius 3 is 2.33 bits per heavy atom. The van der Waals surface area contributed by atoms with Crippen LogP contribution in [0.3, 0.4) is 0 Å². The van der Waals surface area contributed by atoms with E-state index < -0.39 is 0 Å². The highest BCUT2D eigenvalue weighted by Gasteiger charge is 2.09. The standard InChI is InChI=1S/C10H23NS/c1-5-7-11-9(3)10(4)12-8-6-2/h9-11H,5-8H2,1-4H3. The quantitative estimate of drug-likeness (QED) is 0.661. The molecule has 1 N–H and O–H groups in total. The van der Waals surface area contributed by atoms with E-state index >= 15 is 0 Å². The van der Waals surface area contributed by atoms with Crippen LogP contribution in [0.2, 0.25) is 0 Å². The minimum atomic E-state index is 0.654. The molecule has 0 radical (unpaired) electrons. The van der Waals surface area contributed by atoms with Gasteiger partial charge in [-0.25, -0.2) is 0 Å². The van der Waals surface area contributed by atoms with Gasteiger partial charge in [-0.3, -0.25) is 0 Å². The van der Waals surface area contributed by atoms with Crippen LogP contribution in [0.25, 0.3) is 0 Å². The summed E-state index contributed by atoms with van der Waals surface area (Å²) in [6, 6.07) is 0.654. The monoisotopic (exact) mass is 189 g/mol. The predicted molar refractivity (Wildman–Crippen MR) is 60.0 cm³/mol. The first-order valence-corrected chi connectivity index (χ1v) is 6.12. The molecule has 0 heterocycles. The van der Waals surface area contributed by atoms with E-state index in [1.807, 2.05) is 0 Å². The van der Waals surface area contributed by atoms with Gasteiger partial charge in [0.1, 0.15) is 0 Å². The first kappa shape index (κ1) is 12.3. The van der Waals surface area contributed by atoms with Crippen LogP contribution in [0.15, 0.2) is 0 Å². The summed E-state index contributed by atoms with van der Waals surface area (Å²) >= 11 is 2.07. The third-order valence-electron chi connectivity index (χ3n) is 2.01. The smallest absolute Gasteiger partial charge is 0.0170 e. The zero-order valence-corrected chi connectivity index (χ0v) is 9.71. The summed E-state index contributed by atoms with van der Waals surface area (Å²) in [4.78, 5) is 0. The molecule has 2 heteroatoms. The summed E-state index contributed by atoms with van der Waals surface area (Å²) in [5.74, 6) is 1.29. The Labute approximate surface area is 81.7 Å². The van der Waals surface area contributed by atoms with Crippen molar-refractivity contribution >= 4 is 11.8 Å². The van der Waals surface area contributed by atoms with Gasteiger partial charge in [0.05, 0.1) is 0 Å². The normalized spacial score (nSPS) is 16.0. The third kappa shape index (κ3) is 5.90. The van der Waals surface area contributed by atoms with E-state index in [9.17, 15) is 0 Å². The van der Waals surface area contributed by atoms with Crippen LogP contribution in [0, 0.1) is 0 Å². The maximum atomic E-state index is 3.52. The minimum Gasteiger partial charge on any atom is -0.313 e. The van der Waals surface area contributed by atoms with Crippen molar-refractivity contribution in [3.63, 3.8) is 0 Å². The summed E-state index contributed by atoms with van der Waals surface area (Å²) in [5, 5.41) is 4.27. The summed E-state index contributed by atoms with van der Waals surface area (Å²) in [6.45, 7) is 10.2. The van der Waals surface area contributed by atoms with Gasteiger partial charge in [-0.1, -0.05) is 20.8 Å². The van der Waals surface area contributed by atoms with Crippen molar-refractivity contribution < 1.29 is 0 Å².